The van der Waals surface area contributed by atoms with E-state index in [1.54, 1.807) is 16.8 Å². The molecule has 1 aromatic carbocycles. The van der Waals surface area contributed by atoms with Gasteiger partial charge in [0.05, 0.1) is 10.8 Å². The van der Waals surface area contributed by atoms with Crippen LogP contribution in [0.25, 0.3) is 11.2 Å². The lowest BCUT2D eigenvalue weighted by molar-refractivity contribution is -0.136. The van der Waals surface area contributed by atoms with Crippen LogP contribution in [0.3, 0.4) is 0 Å². The van der Waals surface area contributed by atoms with Gasteiger partial charge in [0.2, 0.25) is 11.8 Å². The fraction of sp³-hybridized carbons (Fsp3) is 0.576. The SMILES string of the molecule is CN1CCN(c2ccc(F)cc2[C@H]2S[C@@H](CC(=O)N3CCC(n4c(=O)[nH]c5ncccc54)CC3)C(=O)N2CCC(C)(C)C)CC1.[HH]. The summed E-state index contributed by atoms with van der Waals surface area (Å²) < 4.78 is 16.6. The maximum atomic E-state index is 14.8. The second-order valence-corrected chi connectivity index (χ2v) is 15.1. The molecule has 3 fully saturated rings. The number of benzene rings is 1. The molecule has 0 spiro atoms. The first-order valence-corrected chi connectivity index (χ1v) is 16.9. The number of rotatable bonds is 7. The molecule has 10 nitrogen and oxygen atoms in total. The highest BCUT2D eigenvalue weighted by atomic mass is 32.2. The molecule has 6 rings (SSSR count). The molecular formula is C33H46FN7O3S. The molecule has 0 aliphatic carbocycles. The van der Waals surface area contributed by atoms with Crippen LogP contribution < -0.4 is 10.6 Å². The first-order valence-electron chi connectivity index (χ1n) is 16.0. The monoisotopic (exact) mass is 639 g/mol. The van der Waals surface area contributed by atoms with Crippen molar-refractivity contribution in [1.82, 2.24) is 29.2 Å². The van der Waals surface area contributed by atoms with Crippen LogP contribution in [-0.4, -0.2) is 99.2 Å². The van der Waals surface area contributed by atoms with Gasteiger partial charge in [0.15, 0.2) is 5.65 Å². The van der Waals surface area contributed by atoms with E-state index in [9.17, 15) is 18.8 Å². The van der Waals surface area contributed by atoms with Crippen molar-refractivity contribution in [2.75, 3.05) is 57.8 Å². The van der Waals surface area contributed by atoms with Crippen LogP contribution in [0.5, 0.6) is 0 Å². The molecule has 3 saturated heterocycles. The van der Waals surface area contributed by atoms with Crippen LogP contribution in [-0.2, 0) is 9.59 Å². The topological polar surface area (TPSA) is 97.8 Å². The maximum Gasteiger partial charge on any atom is 0.327 e. The summed E-state index contributed by atoms with van der Waals surface area (Å²) >= 11 is 1.48. The van der Waals surface area contributed by atoms with Crippen LogP contribution in [0.15, 0.2) is 41.3 Å². The predicted molar refractivity (Wildman–Crippen MR) is 178 cm³/mol. The second-order valence-electron chi connectivity index (χ2n) is 13.8. The van der Waals surface area contributed by atoms with Crippen molar-refractivity contribution in [2.24, 2.45) is 5.41 Å². The third-order valence-corrected chi connectivity index (χ3v) is 10.8. The number of amides is 2. The van der Waals surface area contributed by atoms with Gasteiger partial charge in [-0.05, 0) is 62.1 Å². The Morgan fingerprint density at radius 2 is 1.82 bits per heavy atom. The van der Waals surface area contributed by atoms with Crippen molar-refractivity contribution in [3.63, 3.8) is 0 Å². The summed E-state index contributed by atoms with van der Waals surface area (Å²) in [5.74, 6) is -0.426. The summed E-state index contributed by atoms with van der Waals surface area (Å²) in [5, 5.41) is -0.901. The number of aromatic nitrogens is 3. The number of piperazine rings is 1. The number of thioether (sulfide) groups is 1. The summed E-state index contributed by atoms with van der Waals surface area (Å²) in [7, 11) is 2.10. The third kappa shape index (κ3) is 6.77. The van der Waals surface area contributed by atoms with Crippen molar-refractivity contribution in [3.8, 4) is 0 Å². The number of imidazole rings is 1. The van der Waals surface area contributed by atoms with Gasteiger partial charge in [-0.1, -0.05) is 20.8 Å². The Morgan fingerprint density at radius 1 is 1.09 bits per heavy atom. The van der Waals surface area contributed by atoms with E-state index in [1.807, 2.05) is 28.0 Å². The minimum absolute atomic E-state index is 0. The molecule has 0 radical (unpaired) electrons. The van der Waals surface area contributed by atoms with Crippen molar-refractivity contribution < 1.29 is 15.4 Å². The Balaban J connectivity index is 0.00000417. The molecule has 45 heavy (non-hydrogen) atoms. The van der Waals surface area contributed by atoms with Crippen LogP contribution in [0.2, 0.25) is 0 Å². The first kappa shape index (κ1) is 31.6. The molecule has 2 amide bonds. The Morgan fingerprint density at radius 3 is 2.53 bits per heavy atom. The van der Waals surface area contributed by atoms with Crippen molar-refractivity contribution >= 4 is 40.4 Å². The van der Waals surface area contributed by atoms with Gasteiger partial charge in [-0.25, -0.2) is 14.2 Å². The van der Waals surface area contributed by atoms with E-state index in [0.717, 1.165) is 49.4 Å². The van der Waals surface area contributed by atoms with E-state index in [1.165, 1.54) is 17.8 Å². The van der Waals surface area contributed by atoms with E-state index >= 15 is 0 Å². The second kappa shape index (κ2) is 12.8. The number of halogens is 1. The lowest BCUT2D eigenvalue weighted by Crippen LogP contribution is -2.45. The van der Waals surface area contributed by atoms with E-state index < -0.39 is 5.25 Å². The number of pyridine rings is 1. The van der Waals surface area contributed by atoms with Gasteiger partial charge in [0.1, 0.15) is 11.2 Å². The minimum atomic E-state index is -0.536. The van der Waals surface area contributed by atoms with Crippen molar-refractivity contribution in [2.45, 2.75) is 63.1 Å². The largest absolute Gasteiger partial charge is 0.369 e. The van der Waals surface area contributed by atoms with Crippen LogP contribution in [0.4, 0.5) is 10.1 Å². The summed E-state index contributed by atoms with van der Waals surface area (Å²) in [5.41, 5.74) is 2.94. The standard InChI is InChI=1S/C33H44FN7O3S.H2/c1-33(2,3)11-15-40-30(43)27(45-31(40)24-20-22(34)7-8-25(24)38-18-16-37(4)17-19-38)21-28(42)39-13-9-23(10-14-39)41-26-6-5-12-35-29(26)36-32(41)44;/h5-8,12,20,23,27,31H,9-11,13-19,21H2,1-4H3,(H,35,36,44);1H/t27-,31+;/m0./s1. The predicted octanol–water partition coefficient (Wildman–Crippen LogP) is 4.49. The summed E-state index contributed by atoms with van der Waals surface area (Å²) in [4.78, 5) is 55.7. The van der Waals surface area contributed by atoms with Crippen LogP contribution >= 0.6 is 11.8 Å². The zero-order valence-electron chi connectivity index (χ0n) is 26.7. The van der Waals surface area contributed by atoms with E-state index in [4.69, 9.17) is 0 Å². The summed E-state index contributed by atoms with van der Waals surface area (Å²) in [6.45, 7) is 11.5. The molecule has 0 saturated carbocycles. The van der Waals surface area contributed by atoms with Crippen molar-refractivity contribution in [3.05, 3.63) is 58.4 Å². The number of anilines is 1. The number of aromatic amines is 1. The number of likely N-dealkylation sites (N-methyl/N-ethyl adjacent to an activating group) is 1. The van der Waals surface area contributed by atoms with Crippen LogP contribution in [0, 0.1) is 11.2 Å². The molecule has 0 unspecified atom stereocenters. The van der Waals surface area contributed by atoms with E-state index in [2.05, 4.69) is 47.6 Å². The molecule has 1 N–H and O–H groups in total. The minimum Gasteiger partial charge on any atom is -0.369 e. The quantitative estimate of drug-likeness (QED) is 0.407. The number of hydrogen-bond acceptors (Lipinski definition) is 7. The first-order chi connectivity index (χ1) is 21.5. The number of H-pyrrole nitrogens is 1. The van der Waals surface area contributed by atoms with E-state index in [0.29, 0.717) is 38.1 Å². The highest BCUT2D eigenvalue weighted by Gasteiger charge is 2.44. The number of likely N-dealkylation sites (tertiary alicyclic amines) is 1. The number of carbonyl (C=O) groups is 2. The highest BCUT2D eigenvalue weighted by molar-refractivity contribution is 8.01. The molecule has 0 bridgehead atoms. The smallest absolute Gasteiger partial charge is 0.327 e. The van der Waals surface area contributed by atoms with Gasteiger partial charge in [0, 0.05) is 77.2 Å². The average Bonchev–Trinajstić information content (AvgIpc) is 3.51. The van der Waals surface area contributed by atoms with Gasteiger partial charge in [-0.2, -0.15) is 0 Å². The average molecular weight is 640 g/mol. The lowest BCUT2D eigenvalue weighted by atomic mass is 9.92. The van der Waals surface area contributed by atoms with Gasteiger partial charge < -0.3 is 19.6 Å². The fourth-order valence-electron chi connectivity index (χ4n) is 6.69. The van der Waals surface area contributed by atoms with Crippen LogP contribution in [0.1, 0.15) is 64.9 Å². The molecular weight excluding hydrogens is 593 g/mol. The zero-order valence-corrected chi connectivity index (χ0v) is 27.5. The van der Waals surface area contributed by atoms with Gasteiger partial charge in [-0.15, -0.1) is 11.8 Å². The molecule has 2 atom stereocenters. The molecule has 12 heteroatoms. The van der Waals surface area contributed by atoms with Crippen molar-refractivity contribution in [1.29, 1.82) is 0 Å². The molecule has 3 aliphatic rings. The Kier molecular flexibility index (Phi) is 8.98. The third-order valence-electron chi connectivity index (χ3n) is 9.37. The number of carbonyl (C=O) groups excluding carboxylic acids is 2. The molecule has 3 aliphatic heterocycles. The molecule has 2 aromatic heterocycles. The Bertz CT molecular complexity index is 1610. The molecule has 244 valence electrons. The summed E-state index contributed by atoms with van der Waals surface area (Å²) in [6.07, 6.45) is 3.86. The van der Waals surface area contributed by atoms with Gasteiger partial charge >= 0.3 is 5.69 Å². The Hall–Kier alpha value is -3.38. The molecule has 5 heterocycles. The maximum absolute atomic E-state index is 14.8. The Labute approximate surface area is 269 Å². The number of nitrogens with zero attached hydrogens (tertiary/aromatic N) is 6. The number of hydrogen-bond donors (Lipinski definition) is 1. The number of nitrogens with one attached hydrogen (secondary N) is 1. The fourth-order valence-corrected chi connectivity index (χ4v) is 8.18. The van der Waals surface area contributed by atoms with E-state index in [-0.39, 0.29) is 48.0 Å². The normalized spacial score (nSPS) is 22.2. The number of piperidine rings is 1. The number of fused-ring (bicyclic) bond motifs is 1. The summed E-state index contributed by atoms with van der Waals surface area (Å²) in [6, 6.07) is 8.61. The zero-order chi connectivity index (χ0) is 31.9. The highest BCUT2D eigenvalue weighted by Crippen LogP contribution is 2.48. The molecule has 3 aromatic rings. The van der Waals surface area contributed by atoms with Gasteiger partial charge in [-0.3, -0.25) is 19.1 Å². The van der Waals surface area contributed by atoms with Gasteiger partial charge in [0.25, 0.3) is 0 Å². The lowest BCUT2D eigenvalue weighted by Gasteiger charge is -2.37.